The number of rotatable bonds is 2. The van der Waals surface area contributed by atoms with E-state index >= 15 is 0 Å². The monoisotopic (exact) mass is 256 g/mol. The second kappa shape index (κ2) is 4.61. The summed E-state index contributed by atoms with van der Waals surface area (Å²) in [7, 11) is 0. The van der Waals surface area contributed by atoms with Crippen LogP contribution in [0.1, 0.15) is 40.0 Å². The van der Waals surface area contributed by atoms with Gasteiger partial charge in [-0.3, -0.25) is 4.79 Å². The smallest absolute Gasteiger partial charge is 0.264 e. The molecule has 0 radical (unpaired) electrons. The maximum atomic E-state index is 11.9. The minimum atomic E-state index is -0.431. The van der Waals surface area contributed by atoms with Crippen LogP contribution in [0, 0.1) is 5.92 Å². The van der Waals surface area contributed by atoms with Crippen LogP contribution >= 0.6 is 11.8 Å². The van der Waals surface area contributed by atoms with Crippen LogP contribution < -0.4 is 5.32 Å². The van der Waals surface area contributed by atoms with Crippen molar-refractivity contribution >= 4 is 22.8 Å². The lowest BCUT2D eigenvalue weighted by Gasteiger charge is -2.24. The molecule has 2 N–H and O–H groups in total. The van der Waals surface area contributed by atoms with E-state index in [9.17, 15) is 9.90 Å². The number of aliphatic imine (C=N–C) groups is 1. The fourth-order valence-electron chi connectivity index (χ4n) is 2.16. The molecule has 3 atom stereocenters. The van der Waals surface area contributed by atoms with Gasteiger partial charge >= 0.3 is 0 Å². The van der Waals surface area contributed by atoms with Gasteiger partial charge in [0.1, 0.15) is 4.75 Å². The number of carbonyl (C=O) groups excluding carboxylic acids is 1. The maximum absolute atomic E-state index is 11.9. The van der Waals surface area contributed by atoms with Crippen LogP contribution in [0.5, 0.6) is 0 Å². The Balaban J connectivity index is 1.97. The first-order valence-electron chi connectivity index (χ1n) is 6.18. The fourth-order valence-corrected chi connectivity index (χ4v) is 3.28. The van der Waals surface area contributed by atoms with Crippen molar-refractivity contribution in [2.45, 2.75) is 56.9 Å². The van der Waals surface area contributed by atoms with Crippen molar-refractivity contribution in [1.82, 2.24) is 5.32 Å². The van der Waals surface area contributed by atoms with Gasteiger partial charge in [-0.05, 0) is 32.1 Å². The van der Waals surface area contributed by atoms with Crippen LogP contribution in [-0.4, -0.2) is 33.1 Å². The van der Waals surface area contributed by atoms with Crippen LogP contribution in [0.25, 0.3) is 0 Å². The van der Waals surface area contributed by atoms with Gasteiger partial charge in [0.2, 0.25) is 0 Å². The number of nitrogens with one attached hydrogen (secondary N) is 1. The Bertz CT molecular complexity index is 356. The van der Waals surface area contributed by atoms with Gasteiger partial charge in [0.25, 0.3) is 5.91 Å². The van der Waals surface area contributed by atoms with E-state index in [0.29, 0.717) is 0 Å². The average molecular weight is 256 g/mol. The molecule has 1 aliphatic carbocycles. The quantitative estimate of drug-likeness (QED) is 0.786. The molecule has 4 nitrogen and oxygen atoms in total. The Morgan fingerprint density at radius 2 is 2.24 bits per heavy atom. The third kappa shape index (κ3) is 2.50. The zero-order chi connectivity index (χ0) is 12.6. The van der Waals surface area contributed by atoms with Crippen molar-refractivity contribution in [3.63, 3.8) is 0 Å². The molecule has 0 saturated heterocycles. The molecule has 1 heterocycles. The Morgan fingerprint density at radius 3 is 2.71 bits per heavy atom. The molecule has 1 fully saturated rings. The summed E-state index contributed by atoms with van der Waals surface area (Å²) in [5.74, 6) is 0.218. The molecule has 2 aliphatic rings. The van der Waals surface area contributed by atoms with E-state index in [0.717, 1.165) is 24.4 Å². The van der Waals surface area contributed by atoms with Gasteiger partial charge in [0, 0.05) is 6.04 Å². The molecule has 1 amide bonds. The summed E-state index contributed by atoms with van der Waals surface area (Å²) in [6.45, 7) is 6.04. The highest BCUT2D eigenvalue weighted by atomic mass is 32.2. The number of aliphatic hydroxyl groups excluding tert-OH is 1. The Kier molecular flexibility index (Phi) is 3.50. The molecule has 1 unspecified atom stereocenters. The number of amidine groups is 1. The molecule has 96 valence electrons. The number of thioether (sulfide) groups is 1. The molecule has 0 aromatic rings. The van der Waals surface area contributed by atoms with E-state index in [2.05, 4.69) is 10.3 Å². The molecule has 0 spiro atoms. The van der Waals surface area contributed by atoms with Crippen molar-refractivity contribution in [3.05, 3.63) is 0 Å². The normalized spacial score (nSPS) is 37.7. The van der Waals surface area contributed by atoms with Crippen molar-refractivity contribution in [3.8, 4) is 0 Å². The van der Waals surface area contributed by atoms with Crippen molar-refractivity contribution in [2.24, 2.45) is 10.9 Å². The summed E-state index contributed by atoms with van der Waals surface area (Å²) >= 11 is 1.52. The minimum Gasteiger partial charge on any atom is -0.393 e. The predicted octanol–water partition coefficient (Wildman–Crippen LogP) is 1.53. The summed E-state index contributed by atoms with van der Waals surface area (Å²) in [5.41, 5.74) is 0. The van der Waals surface area contributed by atoms with Crippen molar-refractivity contribution in [2.75, 3.05) is 0 Å². The Morgan fingerprint density at radius 1 is 1.53 bits per heavy atom. The van der Waals surface area contributed by atoms with Gasteiger partial charge in [0.15, 0.2) is 5.17 Å². The first-order valence-corrected chi connectivity index (χ1v) is 7.00. The zero-order valence-corrected chi connectivity index (χ0v) is 11.4. The van der Waals surface area contributed by atoms with Gasteiger partial charge in [-0.15, -0.1) is 0 Å². The van der Waals surface area contributed by atoms with E-state index in [1.807, 2.05) is 20.8 Å². The third-order valence-electron chi connectivity index (χ3n) is 3.77. The summed E-state index contributed by atoms with van der Waals surface area (Å²) in [6.07, 6.45) is 2.34. The first-order chi connectivity index (χ1) is 7.91. The molecule has 5 heteroatoms. The molecule has 17 heavy (non-hydrogen) atoms. The molecule has 0 aromatic carbocycles. The summed E-state index contributed by atoms with van der Waals surface area (Å²) in [4.78, 5) is 16.0. The molecule has 0 bridgehead atoms. The molecular formula is C12H20N2O2S. The van der Waals surface area contributed by atoms with Crippen LogP contribution in [0.3, 0.4) is 0 Å². The highest BCUT2D eigenvalue weighted by Crippen LogP contribution is 2.39. The van der Waals surface area contributed by atoms with Gasteiger partial charge in [-0.2, -0.15) is 4.99 Å². The lowest BCUT2D eigenvalue weighted by atomic mass is 9.96. The number of hydrogen-bond acceptors (Lipinski definition) is 4. The summed E-state index contributed by atoms with van der Waals surface area (Å²) < 4.78 is -0.431. The molecule has 1 aliphatic heterocycles. The second-order valence-electron chi connectivity index (χ2n) is 5.39. The van der Waals surface area contributed by atoms with Crippen LogP contribution in [0.15, 0.2) is 4.99 Å². The van der Waals surface area contributed by atoms with Crippen LogP contribution in [0.4, 0.5) is 0 Å². The average Bonchev–Trinajstić information content (AvgIpc) is 2.74. The van der Waals surface area contributed by atoms with Gasteiger partial charge < -0.3 is 10.4 Å². The fraction of sp³-hybridized carbons (Fsp3) is 0.833. The topological polar surface area (TPSA) is 61.7 Å². The van der Waals surface area contributed by atoms with Crippen LogP contribution in [-0.2, 0) is 4.79 Å². The van der Waals surface area contributed by atoms with E-state index in [1.165, 1.54) is 11.8 Å². The van der Waals surface area contributed by atoms with E-state index in [4.69, 9.17) is 0 Å². The standard InChI is InChI=1S/C12H20N2O2S/c1-7(2)12(3)10(16)14-11(17-12)13-8-4-5-9(15)6-8/h7-9,15H,4-6H2,1-3H3,(H,13,14,16)/t8-,9-,12?/m0/s1. The molecule has 1 saturated carbocycles. The van der Waals surface area contributed by atoms with E-state index < -0.39 is 4.75 Å². The van der Waals surface area contributed by atoms with Gasteiger partial charge in [0.05, 0.1) is 6.10 Å². The highest BCUT2D eigenvalue weighted by Gasteiger charge is 2.44. The van der Waals surface area contributed by atoms with Gasteiger partial charge in [-0.25, -0.2) is 0 Å². The Hall–Kier alpha value is -0.550. The number of carbonyl (C=O) groups is 1. The first kappa shape index (κ1) is 12.9. The van der Waals surface area contributed by atoms with Crippen LogP contribution in [0.2, 0.25) is 0 Å². The minimum absolute atomic E-state index is 0.0430. The maximum Gasteiger partial charge on any atom is 0.264 e. The lowest BCUT2D eigenvalue weighted by Crippen LogP contribution is -2.35. The Labute approximate surface area is 106 Å². The summed E-state index contributed by atoms with van der Waals surface area (Å²) in [5, 5.41) is 13.5. The van der Waals surface area contributed by atoms with Gasteiger partial charge in [-0.1, -0.05) is 25.6 Å². The highest BCUT2D eigenvalue weighted by molar-refractivity contribution is 8.16. The number of amides is 1. The summed E-state index contributed by atoms with van der Waals surface area (Å²) in [6, 6.07) is 0.263. The molecular weight excluding hydrogens is 236 g/mol. The molecule has 0 aromatic heterocycles. The third-order valence-corrected chi connectivity index (χ3v) is 5.24. The van der Waals surface area contributed by atoms with E-state index in [1.54, 1.807) is 0 Å². The largest absolute Gasteiger partial charge is 0.393 e. The van der Waals surface area contributed by atoms with E-state index in [-0.39, 0.29) is 24.0 Å². The predicted molar refractivity (Wildman–Crippen MR) is 70.1 cm³/mol. The van der Waals surface area contributed by atoms with Crippen molar-refractivity contribution < 1.29 is 9.90 Å². The number of hydrogen-bond donors (Lipinski definition) is 2. The lowest BCUT2D eigenvalue weighted by molar-refractivity contribution is -0.120. The number of aliphatic hydroxyl groups is 1. The number of nitrogens with zero attached hydrogens (tertiary/aromatic N) is 1. The van der Waals surface area contributed by atoms with Crippen molar-refractivity contribution in [1.29, 1.82) is 0 Å². The zero-order valence-electron chi connectivity index (χ0n) is 10.6. The second-order valence-corrected chi connectivity index (χ2v) is 6.83. The SMILES string of the molecule is CC(C)C1(C)SC(N[C@H]2CC[C@H](O)C2)=NC1=O. The molecule has 2 rings (SSSR count).